The van der Waals surface area contributed by atoms with Crippen LogP contribution in [-0.2, 0) is 0 Å². The van der Waals surface area contributed by atoms with Gasteiger partial charge in [-0.3, -0.25) is 0 Å². The minimum Gasteiger partial charge on any atom is -0.446 e. The molecule has 1 aromatic carbocycles. The summed E-state index contributed by atoms with van der Waals surface area (Å²) in [7, 11) is 0. The zero-order valence-electron chi connectivity index (χ0n) is 8.20. The molecule has 1 unspecified atom stereocenters. The predicted molar refractivity (Wildman–Crippen MR) is 57.4 cm³/mol. The quantitative estimate of drug-likeness (QED) is 0.663. The maximum absolute atomic E-state index is 9.51. The maximum atomic E-state index is 9.51. The molecule has 0 saturated carbocycles. The third-order valence-corrected chi connectivity index (χ3v) is 2.33. The van der Waals surface area contributed by atoms with Crippen molar-refractivity contribution in [1.29, 1.82) is 0 Å². The summed E-state index contributed by atoms with van der Waals surface area (Å²) < 4.78 is 0. The molecule has 0 heterocycles. The lowest BCUT2D eigenvalue weighted by Crippen LogP contribution is -2.31. The standard InChI is InChI=1S/C10H16BNO/c1-8(7-12)9-5-3-4-6-10(9)11(2)13/h3-6,8,13H,7,12H2,1-2H3. The third kappa shape index (κ3) is 2.33. The molecule has 0 fully saturated rings. The molecule has 3 heteroatoms. The van der Waals surface area contributed by atoms with Crippen LogP contribution in [0.1, 0.15) is 18.4 Å². The molecule has 1 aromatic rings. The van der Waals surface area contributed by atoms with Crippen LogP contribution < -0.4 is 11.2 Å². The molecular weight excluding hydrogens is 161 g/mol. The first-order valence-corrected chi connectivity index (χ1v) is 4.63. The molecule has 1 rings (SSSR count). The summed E-state index contributed by atoms with van der Waals surface area (Å²) in [5.74, 6) is 0.311. The van der Waals surface area contributed by atoms with Gasteiger partial charge in [-0.2, -0.15) is 0 Å². The summed E-state index contributed by atoms with van der Waals surface area (Å²) >= 11 is 0. The fourth-order valence-corrected chi connectivity index (χ4v) is 1.47. The number of rotatable bonds is 3. The Morgan fingerprint density at radius 1 is 1.46 bits per heavy atom. The average molecular weight is 177 g/mol. The summed E-state index contributed by atoms with van der Waals surface area (Å²) in [5, 5.41) is 9.51. The fraction of sp³-hybridized carbons (Fsp3) is 0.400. The van der Waals surface area contributed by atoms with Gasteiger partial charge in [0, 0.05) is 0 Å². The molecule has 0 radical (unpaired) electrons. The van der Waals surface area contributed by atoms with E-state index in [1.807, 2.05) is 24.3 Å². The molecule has 1 atom stereocenters. The van der Waals surface area contributed by atoms with Crippen molar-refractivity contribution >= 4 is 12.4 Å². The van der Waals surface area contributed by atoms with Crippen LogP contribution >= 0.6 is 0 Å². The first kappa shape index (κ1) is 10.3. The molecule has 0 saturated heterocycles. The van der Waals surface area contributed by atoms with Gasteiger partial charge < -0.3 is 10.8 Å². The lowest BCUT2D eigenvalue weighted by Gasteiger charge is -2.14. The summed E-state index contributed by atoms with van der Waals surface area (Å²) in [6, 6.07) is 7.90. The number of benzene rings is 1. The minimum absolute atomic E-state index is 0.311. The molecular formula is C10H16BNO. The van der Waals surface area contributed by atoms with Crippen LogP contribution in [0, 0.1) is 0 Å². The average Bonchev–Trinajstić information content (AvgIpc) is 2.16. The van der Waals surface area contributed by atoms with Gasteiger partial charge in [-0.25, -0.2) is 0 Å². The number of hydrogen-bond acceptors (Lipinski definition) is 2. The van der Waals surface area contributed by atoms with Gasteiger partial charge in [0.2, 0.25) is 0 Å². The lowest BCUT2D eigenvalue weighted by atomic mass is 9.61. The highest BCUT2D eigenvalue weighted by molar-refractivity contribution is 6.65. The van der Waals surface area contributed by atoms with E-state index in [2.05, 4.69) is 6.92 Å². The highest BCUT2D eigenvalue weighted by Crippen LogP contribution is 2.11. The fourth-order valence-electron chi connectivity index (χ4n) is 1.47. The predicted octanol–water partition coefficient (Wildman–Crippen LogP) is 0.569. The second kappa shape index (κ2) is 4.44. The third-order valence-electron chi connectivity index (χ3n) is 2.33. The topological polar surface area (TPSA) is 46.2 Å². The Morgan fingerprint density at radius 3 is 2.62 bits per heavy atom. The minimum atomic E-state index is -0.412. The summed E-state index contributed by atoms with van der Waals surface area (Å²) in [5.41, 5.74) is 7.73. The summed E-state index contributed by atoms with van der Waals surface area (Å²) in [4.78, 5) is 0. The van der Waals surface area contributed by atoms with Gasteiger partial charge in [-0.05, 0) is 23.5 Å². The molecule has 0 aliphatic heterocycles. The van der Waals surface area contributed by atoms with Crippen molar-refractivity contribution in [2.75, 3.05) is 6.54 Å². The van der Waals surface area contributed by atoms with E-state index in [0.717, 1.165) is 11.0 Å². The summed E-state index contributed by atoms with van der Waals surface area (Å²) in [6.45, 7) is 4.05. The van der Waals surface area contributed by atoms with Crippen molar-refractivity contribution < 1.29 is 5.02 Å². The molecule has 0 bridgehead atoms. The smallest absolute Gasteiger partial charge is 0.320 e. The van der Waals surface area contributed by atoms with Gasteiger partial charge in [-0.1, -0.05) is 38.0 Å². The van der Waals surface area contributed by atoms with E-state index in [1.165, 1.54) is 0 Å². The first-order valence-electron chi connectivity index (χ1n) is 4.63. The van der Waals surface area contributed by atoms with Crippen molar-refractivity contribution in [1.82, 2.24) is 0 Å². The largest absolute Gasteiger partial charge is 0.446 e. The van der Waals surface area contributed by atoms with Crippen molar-refractivity contribution in [3.63, 3.8) is 0 Å². The van der Waals surface area contributed by atoms with E-state index >= 15 is 0 Å². The maximum Gasteiger partial charge on any atom is 0.320 e. The molecule has 2 nitrogen and oxygen atoms in total. The number of hydrogen-bond donors (Lipinski definition) is 2. The molecule has 3 N–H and O–H groups in total. The normalized spacial score (nSPS) is 12.6. The Bertz CT molecular complexity index is 275. The molecule has 0 aromatic heterocycles. The van der Waals surface area contributed by atoms with E-state index in [9.17, 15) is 5.02 Å². The molecule has 0 aliphatic rings. The van der Waals surface area contributed by atoms with Gasteiger partial charge in [0.05, 0.1) is 0 Å². The number of nitrogens with two attached hydrogens (primary N) is 1. The van der Waals surface area contributed by atoms with Crippen LogP contribution in [0.3, 0.4) is 0 Å². The highest BCUT2D eigenvalue weighted by atomic mass is 16.2. The van der Waals surface area contributed by atoms with Crippen LogP contribution in [0.4, 0.5) is 0 Å². The van der Waals surface area contributed by atoms with E-state index in [1.54, 1.807) is 6.82 Å². The Morgan fingerprint density at radius 2 is 2.08 bits per heavy atom. The second-order valence-electron chi connectivity index (χ2n) is 3.44. The molecule has 13 heavy (non-hydrogen) atoms. The van der Waals surface area contributed by atoms with E-state index < -0.39 is 6.92 Å². The van der Waals surface area contributed by atoms with Crippen molar-refractivity contribution in [2.45, 2.75) is 19.7 Å². The van der Waals surface area contributed by atoms with Gasteiger partial charge in [0.25, 0.3) is 0 Å². The zero-order chi connectivity index (χ0) is 9.84. The zero-order valence-corrected chi connectivity index (χ0v) is 8.20. The van der Waals surface area contributed by atoms with Crippen LogP contribution in [0.15, 0.2) is 24.3 Å². The van der Waals surface area contributed by atoms with Gasteiger partial charge in [0.15, 0.2) is 0 Å². The van der Waals surface area contributed by atoms with Crippen molar-refractivity contribution in [3.05, 3.63) is 29.8 Å². The van der Waals surface area contributed by atoms with Crippen LogP contribution in [0.2, 0.25) is 6.82 Å². The van der Waals surface area contributed by atoms with Crippen LogP contribution in [-0.4, -0.2) is 18.5 Å². The van der Waals surface area contributed by atoms with E-state index in [-0.39, 0.29) is 0 Å². The Kier molecular flexibility index (Phi) is 3.52. The molecule has 70 valence electrons. The van der Waals surface area contributed by atoms with Crippen molar-refractivity contribution in [3.8, 4) is 0 Å². The van der Waals surface area contributed by atoms with E-state index in [4.69, 9.17) is 5.73 Å². The Labute approximate surface area is 79.9 Å². The molecule has 0 spiro atoms. The Hall–Kier alpha value is -0.795. The Balaban J connectivity index is 3.04. The lowest BCUT2D eigenvalue weighted by molar-refractivity contribution is 0.592. The van der Waals surface area contributed by atoms with E-state index in [0.29, 0.717) is 12.5 Å². The summed E-state index contributed by atoms with van der Waals surface area (Å²) in [6.07, 6.45) is 0. The van der Waals surface area contributed by atoms with Crippen molar-refractivity contribution in [2.24, 2.45) is 5.73 Å². The SMILES string of the molecule is CB(O)c1ccccc1C(C)CN. The second-order valence-corrected chi connectivity index (χ2v) is 3.44. The first-order chi connectivity index (χ1) is 6.16. The van der Waals surface area contributed by atoms with Gasteiger partial charge >= 0.3 is 6.92 Å². The van der Waals surface area contributed by atoms with Gasteiger partial charge in [-0.15, -0.1) is 0 Å². The van der Waals surface area contributed by atoms with Gasteiger partial charge in [0.1, 0.15) is 0 Å². The molecule has 0 aliphatic carbocycles. The van der Waals surface area contributed by atoms with Crippen LogP contribution in [0.5, 0.6) is 0 Å². The van der Waals surface area contributed by atoms with Crippen LogP contribution in [0.25, 0.3) is 0 Å². The highest BCUT2D eigenvalue weighted by Gasteiger charge is 2.14. The monoisotopic (exact) mass is 177 g/mol. The molecule has 0 amide bonds.